The van der Waals surface area contributed by atoms with Crippen LogP contribution in [0.15, 0.2) is 0 Å². The molecule has 2 unspecified atom stereocenters. The van der Waals surface area contributed by atoms with Crippen molar-refractivity contribution in [2.24, 2.45) is 11.1 Å². The Balaban J connectivity index is 1.89. The van der Waals surface area contributed by atoms with E-state index >= 15 is 0 Å². The lowest BCUT2D eigenvalue weighted by molar-refractivity contribution is -0.158. The van der Waals surface area contributed by atoms with Crippen LogP contribution in [0, 0.1) is 5.41 Å². The van der Waals surface area contributed by atoms with Crippen molar-refractivity contribution in [1.29, 1.82) is 0 Å². The van der Waals surface area contributed by atoms with E-state index in [4.69, 9.17) is 10.5 Å². The van der Waals surface area contributed by atoms with E-state index in [-0.39, 0.29) is 23.5 Å². The summed E-state index contributed by atoms with van der Waals surface area (Å²) in [5, 5.41) is 12.4. The Bertz CT molecular complexity index is 303. The Kier molecular flexibility index (Phi) is 1.78. The maximum atomic E-state index is 11.6. The molecule has 3 fully saturated rings. The fourth-order valence-corrected chi connectivity index (χ4v) is 2.85. The molecule has 3 aliphatic rings. The number of hydrogen-bond donors (Lipinski definition) is 3. The van der Waals surface area contributed by atoms with Crippen LogP contribution in [0.2, 0.25) is 0 Å². The van der Waals surface area contributed by atoms with Crippen molar-refractivity contribution in [2.45, 2.75) is 24.7 Å². The highest BCUT2D eigenvalue weighted by Crippen LogP contribution is 2.44. The lowest BCUT2D eigenvalue weighted by Crippen LogP contribution is -2.63. The van der Waals surface area contributed by atoms with Crippen molar-refractivity contribution in [3.8, 4) is 0 Å². The first-order chi connectivity index (χ1) is 7.12. The number of nitrogens with two attached hydrogens (primary N) is 1. The van der Waals surface area contributed by atoms with Gasteiger partial charge in [0, 0.05) is 12.0 Å². The van der Waals surface area contributed by atoms with E-state index in [9.17, 15) is 9.90 Å². The highest BCUT2D eigenvalue weighted by Gasteiger charge is 2.57. The van der Waals surface area contributed by atoms with E-state index in [0.717, 1.165) is 6.42 Å². The second-order valence-electron chi connectivity index (χ2n) is 4.77. The number of rotatable bonds is 1. The first kappa shape index (κ1) is 9.38. The molecule has 6 nitrogen and oxygen atoms in total. The third-order valence-corrected chi connectivity index (χ3v) is 3.87. The maximum absolute atomic E-state index is 11.6. The minimum absolute atomic E-state index is 0.00762. The first-order valence-electron chi connectivity index (χ1n) is 5.21. The summed E-state index contributed by atoms with van der Waals surface area (Å²) in [4.78, 5) is 13.2. The number of urea groups is 1. The van der Waals surface area contributed by atoms with Gasteiger partial charge >= 0.3 is 6.03 Å². The normalized spacial score (nSPS) is 38.8. The van der Waals surface area contributed by atoms with Crippen LogP contribution >= 0.6 is 0 Å². The number of aliphatic hydroxyl groups excluding tert-OH is 1. The van der Waals surface area contributed by atoms with E-state index in [1.165, 1.54) is 0 Å². The number of ether oxygens (including phenoxy) is 1. The van der Waals surface area contributed by atoms with E-state index in [1.807, 2.05) is 0 Å². The Hall–Kier alpha value is -0.850. The Morgan fingerprint density at radius 3 is 2.93 bits per heavy atom. The van der Waals surface area contributed by atoms with E-state index in [0.29, 0.717) is 19.8 Å². The number of aliphatic hydroxyl groups is 1. The number of nitrogens with zero attached hydrogens (tertiary/aromatic N) is 1. The van der Waals surface area contributed by atoms with Crippen LogP contribution in [0.5, 0.6) is 0 Å². The van der Waals surface area contributed by atoms with Gasteiger partial charge in [-0.1, -0.05) is 0 Å². The molecule has 3 saturated heterocycles. The molecule has 0 radical (unpaired) electrons. The van der Waals surface area contributed by atoms with E-state index in [2.05, 4.69) is 5.32 Å². The van der Waals surface area contributed by atoms with E-state index in [1.54, 1.807) is 4.90 Å². The molecule has 0 aromatic rings. The van der Waals surface area contributed by atoms with Gasteiger partial charge in [0.25, 0.3) is 0 Å². The molecule has 2 amide bonds. The molecule has 0 saturated carbocycles. The number of piperidine rings is 1. The number of amides is 2. The summed E-state index contributed by atoms with van der Waals surface area (Å²) in [6.45, 7) is 1.96. The summed E-state index contributed by atoms with van der Waals surface area (Å²) in [5.41, 5.74) is 5.51. The average molecular weight is 213 g/mol. The average Bonchev–Trinajstić information content (AvgIpc) is 2.42. The summed E-state index contributed by atoms with van der Waals surface area (Å²) < 4.78 is 5.24. The fraction of sp³-hybridized carbons (Fsp3) is 0.889. The maximum Gasteiger partial charge on any atom is 0.318 e. The van der Waals surface area contributed by atoms with Crippen molar-refractivity contribution in [1.82, 2.24) is 10.2 Å². The summed E-state index contributed by atoms with van der Waals surface area (Å²) in [7, 11) is 0. The van der Waals surface area contributed by atoms with Crippen LogP contribution < -0.4 is 11.1 Å². The summed E-state index contributed by atoms with van der Waals surface area (Å²) >= 11 is 0. The van der Waals surface area contributed by atoms with E-state index < -0.39 is 6.23 Å². The quantitative estimate of drug-likeness (QED) is 0.460. The SMILES string of the molecule is NC(O)[C@@H]1CC2(COC2)C2CN1C(=O)N2. The molecule has 3 heterocycles. The lowest BCUT2D eigenvalue weighted by Gasteiger charge is -2.50. The van der Waals surface area contributed by atoms with Gasteiger partial charge in [-0.15, -0.1) is 0 Å². The summed E-state index contributed by atoms with van der Waals surface area (Å²) in [5.74, 6) is 0. The molecule has 1 spiro atoms. The van der Waals surface area contributed by atoms with Gasteiger partial charge < -0.3 is 25.8 Å². The third-order valence-electron chi connectivity index (χ3n) is 3.87. The first-order valence-corrected chi connectivity index (χ1v) is 5.21. The zero-order chi connectivity index (χ0) is 10.6. The predicted octanol–water partition coefficient (Wildman–Crippen LogP) is -1.55. The molecule has 0 aromatic carbocycles. The van der Waals surface area contributed by atoms with Gasteiger partial charge in [-0.2, -0.15) is 0 Å². The van der Waals surface area contributed by atoms with Crippen molar-refractivity contribution in [3.05, 3.63) is 0 Å². The van der Waals surface area contributed by atoms with Gasteiger partial charge in [0.1, 0.15) is 6.23 Å². The van der Waals surface area contributed by atoms with Crippen LogP contribution in [0.3, 0.4) is 0 Å². The van der Waals surface area contributed by atoms with Gasteiger partial charge in [-0.3, -0.25) is 0 Å². The smallest absolute Gasteiger partial charge is 0.318 e. The monoisotopic (exact) mass is 213 g/mol. The molecule has 2 bridgehead atoms. The molecular weight excluding hydrogens is 198 g/mol. The molecule has 84 valence electrons. The lowest BCUT2D eigenvalue weighted by atomic mass is 9.71. The number of fused-ring (bicyclic) bond motifs is 3. The standard InChI is InChI=1S/C9H15N3O3/c10-7(13)5-1-9(3-15-4-9)6-2-12(5)8(14)11-6/h5-7,13H,1-4,10H2,(H,11,14)/t5-,6?,7?/m0/s1. The zero-order valence-electron chi connectivity index (χ0n) is 8.35. The van der Waals surface area contributed by atoms with Crippen LogP contribution in [-0.2, 0) is 4.74 Å². The van der Waals surface area contributed by atoms with Gasteiger partial charge in [0.15, 0.2) is 0 Å². The van der Waals surface area contributed by atoms with Crippen LogP contribution in [0.25, 0.3) is 0 Å². The van der Waals surface area contributed by atoms with Gasteiger partial charge in [0.2, 0.25) is 0 Å². The van der Waals surface area contributed by atoms with Crippen molar-refractivity contribution in [2.75, 3.05) is 19.8 Å². The van der Waals surface area contributed by atoms with Crippen LogP contribution in [-0.4, -0.2) is 54.1 Å². The predicted molar refractivity (Wildman–Crippen MR) is 50.9 cm³/mol. The minimum Gasteiger partial charge on any atom is -0.380 e. The Morgan fingerprint density at radius 2 is 2.40 bits per heavy atom. The number of carbonyl (C=O) groups is 1. The minimum atomic E-state index is -0.965. The Morgan fingerprint density at radius 1 is 1.67 bits per heavy atom. The largest absolute Gasteiger partial charge is 0.380 e. The highest BCUT2D eigenvalue weighted by atomic mass is 16.5. The molecular formula is C9H15N3O3. The van der Waals surface area contributed by atoms with Crippen molar-refractivity contribution < 1.29 is 14.6 Å². The molecule has 3 atom stereocenters. The van der Waals surface area contributed by atoms with Crippen molar-refractivity contribution >= 4 is 6.03 Å². The molecule has 15 heavy (non-hydrogen) atoms. The summed E-state index contributed by atoms with van der Waals surface area (Å²) in [6.07, 6.45) is -0.235. The molecule has 4 N–H and O–H groups in total. The molecule has 0 aliphatic carbocycles. The van der Waals surface area contributed by atoms with Crippen LogP contribution in [0.4, 0.5) is 4.79 Å². The second-order valence-corrected chi connectivity index (χ2v) is 4.77. The van der Waals surface area contributed by atoms with Gasteiger partial charge in [-0.05, 0) is 6.42 Å². The topological polar surface area (TPSA) is 87.8 Å². The van der Waals surface area contributed by atoms with Crippen molar-refractivity contribution in [3.63, 3.8) is 0 Å². The molecule has 3 aliphatic heterocycles. The number of nitrogens with one attached hydrogen (secondary N) is 1. The second kappa shape index (κ2) is 2.84. The number of hydrogen-bond acceptors (Lipinski definition) is 4. The molecule has 3 rings (SSSR count). The fourth-order valence-electron chi connectivity index (χ4n) is 2.85. The molecule has 0 aromatic heterocycles. The summed E-state index contributed by atoms with van der Waals surface area (Å²) in [6, 6.07) is -0.223. The number of carbonyl (C=O) groups excluding carboxylic acids is 1. The van der Waals surface area contributed by atoms with Crippen LogP contribution in [0.1, 0.15) is 6.42 Å². The highest BCUT2D eigenvalue weighted by molar-refractivity contribution is 5.78. The van der Waals surface area contributed by atoms with Gasteiger partial charge in [-0.25, -0.2) is 4.79 Å². The third kappa shape index (κ3) is 1.12. The Labute approximate surface area is 87.4 Å². The van der Waals surface area contributed by atoms with Gasteiger partial charge in [0.05, 0.1) is 25.3 Å². The molecule has 6 heteroatoms. The zero-order valence-corrected chi connectivity index (χ0v) is 8.35.